The molecule has 0 spiro atoms. The summed E-state index contributed by atoms with van der Waals surface area (Å²) in [5, 5.41) is 16.8. The summed E-state index contributed by atoms with van der Waals surface area (Å²) in [5.74, 6) is 0. The Balaban J connectivity index is 2.21. The lowest BCUT2D eigenvalue weighted by atomic mass is 10.1. The summed E-state index contributed by atoms with van der Waals surface area (Å²) >= 11 is 4.92. The number of aliphatic hydroxyl groups excluding tert-OH is 1. The third kappa shape index (κ3) is 2.63. The minimum Gasteiger partial charge on any atom is -0.389 e. The van der Waals surface area contributed by atoms with Crippen LogP contribution in [0.5, 0.6) is 0 Å². The average Bonchev–Trinajstić information content (AvgIpc) is 2.70. The SMILES string of the molecule is C[C@@H](O)c1ccc(Sc2ncn[nH]2)cc1Br. The second-order valence-corrected chi connectivity index (χ2v) is 5.17. The standard InChI is InChI=1S/C10H10BrN3OS/c1-6(15)8-3-2-7(4-9(8)11)16-10-12-5-13-14-10/h2-6,15H,1H3,(H,12,13,14)/t6-/m1/s1. The van der Waals surface area contributed by atoms with Crippen molar-refractivity contribution in [2.45, 2.75) is 23.1 Å². The number of aromatic nitrogens is 3. The Morgan fingerprint density at radius 2 is 2.31 bits per heavy atom. The molecule has 0 bridgehead atoms. The number of nitrogens with one attached hydrogen (secondary N) is 1. The molecule has 0 saturated carbocycles. The molecule has 0 saturated heterocycles. The maximum atomic E-state index is 9.49. The van der Waals surface area contributed by atoms with Gasteiger partial charge in [-0.15, -0.1) is 0 Å². The normalized spacial score (nSPS) is 12.7. The summed E-state index contributed by atoms with van der Waals surface area (Å²) in [6.07, 6.45) is 1.00. The molecule has 0 aliphatic heterocycles. The molecule has 1 aromatic heterocycles. The van der Waals surface area contributed by atoms with Crippen molar-refractivity contribution in [1.82, 2.24) is 15.2 Å². The van der Waals surface area contributed by atoms with Gasteiger partial charge in [-0.3, -0.25) is 5.10 Å². The first-order chi connectivity index (χ1) is 7.66. The zero-order chi connectivity index (χ0) is 11.5. The fourth-order valence-electron chi connectivity index (χ4n) is 1.27. The van der Waals surface area contributed by atoms with Crippen LogP contribution >= 0.6 is 27.7 Å². The van der Waals surface area contributed by atoms with Crippen LogP contribution < -0.4 is 0 Å². The van der Waals surface area contributed by atoms with Crippen molar-refractivity contribution in [3.8, 4) is 0 Å². The molecule has 1 atom stereocenters. The van der Waals surface area contributed by atoms with Crippen molar-refractivity contribution in [2.75, 3.05) is 0 Å². The molecule has 16 heavy (non-hydrogen) atoms. The molecule has 0 amide bonds. The smallest absolute Gasteiger partial charge is 0.188 e. The highest BCUT2D eigenvalue weighted by Crippen LogP contribution is 2.31. The van der Waals surface area contributed by atoms with Crippen LogP contribution in [0, 0.1) is 0 Å². The lowest BCUT2D eigenvalue weighted by molar-refractivity contribution is 0.198. The first kappa shape index (κ1) is 11.6. The molecule has 6 heteroatoms. The van der Waals surface area contributed by atoms with E-state index in [4.69, 9.17) is 0 Å². The van der Waals surface area contributed by atoms with Crippen LogP contribution in [-0.4, -0.2) is 20.3 Å². The summed E-state index contributed by atoms with van der Waals surface area (Å²) in [5.41, 5.74) is 0.877. The molecule has 2 N–H and O–H groups in total. The number of H-pyrrole nitrogens is 1. The van der Waals surface area contributed by atoms with Crippen molar-refractivity contribution in [3.05, 3.63) is 34.6 Å². The van der Waals surface area contributed by atoms with Crippen molar-refractivity contribution in [2.24, 2.45) is 0 Å². The Bertz CT molecular complexity index is 473. The lowest BCUT2D eigenvalue weighted by Crippen LogP contribution is -1.92. The second-order valence-electron chi connectivity index (χ2n) is 3.25. The van der Waals surface area contributed by atoms with Crippen molar-refractivity contribution in [1.29, 1.82) is 0 Å². The van der Waals surface area contributed by atoms with Crippen LogP contribution in [0.15, 0.2) is 39.1 Å². The van der Waals surface area contributed by atoms with Crippen molar-refractivity contribution >= 4 is 27.7 Å². The summed E-state index contributed by atoms with van der Waals surface area (Å²) in [6, 6.07) is 5.79. The molecule has 2 aromatic rings. The van der Waals surface area contributed by atoms with Crippen LogP contribution in [0.4, 0.5) is 0 Å². The number of hydrogen-bond acceptors (Lipinski definition) is 4. The lowest BCUT2D eigenvalue weighted by Gasteiger charge is -2.08. The van der Waals surface area contributed by atoms with E-state index in [1.807, 2.05) is 18.2 Å². The van der Waals surface area contributed by atoms with Gasteiger partial charge in [0.15, 0.2) is 5.16 Å². The highest BCUT2D eigenvalue weighted by atomic mass is 79.9. The molecule has 0 aliphatic rings. The van der Waals surface area contributed by atoms with Gasteiger partial charge in [0, 0.05) is 9.37 Å². The molecular weight excluding hydrogens is 290 g/mol. The monoisotopic (exact) mass is 299 g/mol. The Labute approximate surface area is 106 Å². The third-order valence-corrected chi connectivity index (χ3v) is 3.60. The van der Waals surface area contributed by atoms with Gasteiger partial charge in [0.2, 0.25) is 0 Å². The molecule has 0 radical (unpaired) electrons. The fourth-order valence-corrected chi connectivity index (χ4v) is 2.86. The summed E-state index contributed by atoms with van der Waals surface area (Å²) in [4.78, 5) is 5.07. The zero-order valence-corrected chi connectivity index (χ0v) is 10.9. The highest BCUT2D eigenvalue weighted by molar-refractivity contribution is 9.10. The Kier molecular flexibility index (Phi) is 3.63. The van der Waals surface area contributed by atoms with E-state index in [2.05, 4.69) is 31.1 Å². The van der Waals surface area contributed by atoms with Crippen molar-refractivity contribution in [3.63, 3.8) is 0 Å². The molecule has 4 nitrogen and oxygen atoms in total. The number of hydrogen-bond donors (Lipinski definition) is 2. The Morgan fingerprint density at radius 3 is 2.88 bits per heavy atom. The molecule has 0 aliphatic carbocycles. The zero-order valence-electron chi connectivity index (χ0n) is 8.51. The molecule has 1 heterocycles. The number of benzene rings is 1. The summed E-state index contributed by atoms with van der Waals surface area (Å²) in [7, 11) is 0. The second kappa shape index (κ2) is 4.99. The van der Waals surface area contributed by atoms with Crippen LogP contribution in [0.2, 0.25) is 0 Å². The average molecular weight is 300 g/mol. The van der Waals surface area contributed by atoms with Gasteiger partial charge in [-0.25, -0.2) is 4.98 Å². The van der Waals surface area contributed by atoms with E-state index in [-0.39, 0.29) is 0 Å². The van der Waals surface area contributed by atoms with Gasteiger partial charge in [-0.2, -0.15) is 5.10 Å². The van der Waals surface area contributed by atoms with Gasteiger partial charge in [-0.1, -0.05) is 33.8 Å². The number of rotatable bonds is 3. The molecule has 84 valence electrons. The minimum atomic E-state index is -0.473. The Hall–Kier alpha value is -0.850. The molecule has 1 aromatic carbocycles. The first-order valence-electron chi connectivity index (χ1n) is 4.67. The van der Waals surface area contributed by atoms with Gasteiger partial charge in [-0.05, 0) is 24.6 Å². The van der Waals surface area contributed by atoms with Crippen LogP contribution in [-0.2, 0) is 0 Å². The van der Waals surface area contributed by atoms with Gasteiger partial charge >= 0.3 is 0 Å². The predicted molar refractivity (Wildman–Crippen MR) is 65.3 cm³/mol. The minimum absolute atomic E-state index is 0.473. The maximum absolute atomic E-state index is 9.49. The van der Waals surface area contributed by atoms with Crippen LogP contribution in [0.1, 0.15) is 18.6 Å². The molecule has 0 unspecified atom stereocenters. The van der Waals surface area contributed by atoms with E-state index < -0.39 is 6.10 Å². The largest absolute Gasteiger partial charge is 0.389 e. The topological polar surface area (TPSA) is 61.8 Å². The third-order valence-electron chi connectivity index (χ3n) is 2.03. The summed E-state index contributed by atoms with van der Waals surface area (Å²) < 4.78 is 0.895. The highest BCUT2D eigenvalue weighted by Gasteiger charge is 2.08. The van der Waals surface area contributed by atoms with E-state index in [1.165, 1.54) is 18.1 Å². The van der Waals surface area contributed by atoms with Crippen LogP contribution in [0.25, 0.3) is 0 Å². The summed E-state index contributed by atoms with van der Waals surface area (Å²) in [6.45, 7) is 1.74. The fraction of sp³-hybridized carbons (Fsp3) is 0.200. The van der Waals surface area contributed by atoms with Gasteiger partial charge in [0.1, 0.15) is 6.33 Å². The molecular formula is C10H10BrN3OS. The number of nitrogens with zero attached hydrogens (tertiary/aromatic N) is 2. The molecule has 2 rings (SSSR count). The van der Waals surface area contributed by atoms with E-state index in [0.717, 1.165) is 20.1 Å². The quantitative estimate of drug-likeness (QED) is 0.915. The number of aromatic amines is 1. The van der Waals surface area contributed by atoms with E-state index >= 15 is 0 Å². The maximum Gasteiger partial charge on any atom is 0.188 e. The van der Waals surface area contributed by atoms with Gasteiger partial charge < -0.3 is 5.11 Å². The predicted octanol–water partition coefficient (Wildman–Crippen LogP) is 2.77. The first-order valence-corrected chi connectivity index (χ1v) is 6.28. The van der Waals surface area contributed by atoms with E-state index in [9.17, 15) is 5.11 Å². The van der Waals surface area contributed by atoms with Gasteiger partial charge in [0.25, 0.3) is 0 Å². The number of aliphatic hydroxyl groups is 1. The van der Waals surface area contributed by atoms with Crippen LogP contribution in [0.3, 0.4) is 0 Å². The Morgan fingerprint density at radius 1 is 1.50 bits per heavy atom. The van der Waals surface area contributed by atoms with Gasteiger partial charge in [0.05, 0.1) is 6.10 Å². The van der Waals surface area contributed by atoms with E-state index in [0.29, 0.717) is 0 Å². The van der Waals surface area contributed by atoms with Crippen molar-refractivity contribution < 1.29 is 5.11 Å². The van der Waals surface area contributed by atoms with E-state index in [1.54, 1.807) is 6.92 Å². The molecule has 0 fully saturated rings. The number of halogens is 1.